The molecule has 0 unspecified atom stereocenters. The fraction of sp³-hybridized carbons (Fsp3) is 0.136. The van der Waals surface area contributed by atoms with Crippen molar-refractivity contribution in [1.29, 1.82) is 0 Å². The third-order valence-electron chi connectivity index (χ3n) is 4.67. The molecule has 28 heavy (non-hydrogen) atoms. The van der Waals surface area contributed by atoms with Crippen LogP contribution in [-0.2, 0) is 22.9 Å². The van der Waals surface area contributed by atoms with Crippen molar-refractivity contribution in [1.82, 2.24) is 4.98 Å². The molecular formula is C22H19FN2O2S. The highest BCUT2D eigenvalue weighted by atomic mass is 32.2. The molecule has 0 spiro atoms. The van der Waals surface area contributed by atoms with Crippen LogP contribution < -0.4 is 4.72 Å². The van der Waals surface area contributed by atoms with Gasteiger partial charge in [0.05, 0.1) is 12.5 Å². The highest BCUT2D eigenvalue weighted by Crippen LogP contribution is 2.34. The van der Waals surface area contributed by atoms with Crippen LogP contribution in [0.2, 0.25) is 0 Å². The molecule has 1 heterocycles. The molecule has 4 rings (SSSR count). The van der Waals surface area contributed by atoms with Crippen molar-refractivity contribution in [2.24, 2.45) is 0 Å². The van der Waals surface area contributed by atoms with E-state index in [1.807, 2.05) is 30.3 Å². The number of rotatable bonds is 3. The van der Waals surface area contributed by atoms with Gasteiger partial charge in [-0.2, -0.15) is 0 Å². The fourth-order valence-electron chi connectivity index (χ4n) is 3.53. The van der Waals surface area contributed by atoms with E-state index in [9.17, 15) is 12.8 Å². The van der Waals surface area contributed by atoms with Gasteiger partial charge in [0.1, 0.15) is 5.82 Å². The quantitative estimate of drug-likeness (QED) is 0.721. The monoisotopic (exact) mass is 394 g/mol. The summed E-state index contributed by atoms with van der Waals surface area (Å²) in [4.78, 5) is 4.31. The molecule has 0 radical (unpaired) electrons. The molecule has 1 aromatic heterocycles. The summed E-state index contributed by atoms with van der Waals surface area (Å²) in [5, 5.41) is 0. The number of hydrogen-bond donors (Lipinski definition) is 1. The van der Waals surface area contributed by atoms with Crippen LogP contribution in [0.1, 0.15) is 27.9 Å². The number of halogens is 1. The molecule has 2 aromatic carbocycles. The number of nitrogens with zero attached hydrogens (tertiary/aromatic N) is 1. The predicted octanol–water partition coefficient (Wildman–Crippen LogP) is 4.28. The van der Waals surface area contributed by atoms with Crippen molar-refractivity contribution in [3.8, 4) is 0 Å². The molecule has 0 fully saturated rings. The number of fused-ring (bicyclic) bond motifs is 2. The van der Waals surface area contributed by atoms with Crippen molar-refractivity contribution >= 4 is 27.4 Å². The molecule has 6 heteroatoms. The molecule has 142 valence electrons. The summed E-state index contributed by atoms with van der Waals surface area (Å²) in [6, 6.07) is 16.7. The van der Waals surface area contributed by atoms with E-state index in [0.29, 0.717) is 5.69 Å². The average molecular weight is 394 g/mol. The Balaban J connectivity index is 1.89. The first kappa shape index (κ1) is 18.4. The number of hydrogen-bond acceptors (Lipinski definition) is 3. The Bertz CT molecular complexity index is 1190. The SMILES string of the molecule is CS(=O)(=O)Nc1cccc(/C=C2\c3ccccc3CCc3ncc(F)cc32)c1. The zero-order valence-electron chi connectivity index (χ0n) is 15.3. The molecule has 3 aromatic rings. The molecule has 0 saturated heterocycles. The summed E-state index contributed by atoms with van der Waals surface area (Å²) in [7, 11) is -3.37. The van der Waals surface area contributed by atoms with Crippen LogP contribution in [0.25, 0.3) is 11.6 Å². The maximum absolute atomic E-state index is 14.0. The van der Waals surface area contributed by atoms with E-state index in [2.05, 4.69) is 15.8 Å². The van der Waals surface area contributed by atoms with Gasteiger partial charge in [-0.15, -0.1) is 0 Å². The van der Waals surface area contributed by atoms with Crippen molar-refractivity contribution in [2.45, 2.75) is 12.8 Å². The molecule has 0 atom stereocenters. The minimum Gasteiger partial charge on any atom is -0.284 e. The van der Waals surface area contributed by atoms with Gasteiger partial charge >= 0.3 is 0 Å². The number of anilines is 1. The number of nitrogens with one attached hydrogen (secondary N) is 1. The summed E-state index contributed by atoms with van der Waals surface area (Å²) in [5.41, 5.74) is 6.02. The summed E-state index contributed by atoms with van der Waals surface area (Å²) in [6.07, 6.45) is 5.89. The van der Waals surface area contributed by atoms with E-state index in [4.69, 9.17) is 0 Å². The number of sulfonamides is 1. The number of aromatic nitrogens is 1. The maximum Gasteiger partial charge on any atom is 0.229 e. The Morgan fingerprint density at radius 2 is 1.86 bits per heavy atom. The molecule has 4 nitrogen and oxygen atoms in total. The van der Waals surface area contributed by atoms with Crippen molar-refractivity contribution < 1.29 is 12.8 Å². The van der Waals surface area contributed by atoms with Gasteiger partial charge in [0.25, 0.3) is 0 Å². The first-order chi connectivity index (χ1) is 13.4. The summed E-state index contributed by atoms with van der Waals surface area (Å²) in [6.45, 7) is 0. The number of pyridine rings is 1. The maximum atomic E-state index is 14.0. The highest BCUT2D eigenvalue weighted by molar-refractivity contribution is 7.92. The Morgan fingerprint density at radius 1 is 1.04 bits per heavy atom. The third kappa shape index (κ3) is 3.97. The molecule has 0 saturated carbocycles. The topological polar surface area (TPSA) is 59.1 Å². The Kier molecular flexibility index (Phi) is 4.73. The number of benzene rings is 2. The summed E-state index contributed by atoms with van der Waals surface area (Å²) >= 11 is 0. The molecule has 0 aliphatic heterocycles. The second-order valence-electron chi connectivity index (χ2n) is 6.86. The molecule has 0 bridgehead atoms. The Labute approximate surface area is 163 Å². The molecule has 1 aliphatic rings. The standard InChI is InChI=1S/C22H19FN2O2S/c1-28(26,27)25-18-7-4-5-15(11-18)12-20-19-8-3-2-6-16(19)9-10-22-21(20)13-17(23)14-24-22/h2-8,11-14,25H,9-10H2,1H3/b20-12+. The minimum atomic E-state index is -3.37. The van der Waals surface area contributed by atoms with E-state index in [-0.39, 0.29) is 5.82 Å². The third-order valence-corrected chi connectivity index (χ3v) is 5.27. The molecule has 0 amide bonds. The summed E-state index contributed by atoms with van der Waals surface area (Å²) in [5.74, 6) is -0.378. The number of aryl methyl sites for hydroxylation is 2. The van der Waals surface area contributed by atoms with Crippen molar-refractivity contribution in [3.05, 3.63) is 94.6 Å². The van der Waals surface area contributed by atoms with Crippen LogP contribution in [0.4, 0.5) is 10.1 Å². The first-order valence-electron chi connectivity index (χ1n) is 8.92. The van der Waals surface area contributed by atoms with E-state index in [1.165, 1.54) is 17.8 Å². The van der Waals surface area contributed by atoms with Gasteiger partial charge in [-0.25, -0.2) is 12.8 Å². The van der Waals surface area contributed by atoms with Gasteiger partial charge < -0.3 is 0 Å². The molecular weight excluding hydrogens is 375 g/mol. The Morgan fingerprint density at radius 3 is 2.68 bits per heavy atom. The Hall–Kier alpha value is -2.99. The molecule has 1 N–H and O–H groups in total. The van der Waals surface area contributed by atoms with Crippen LogP contribution in [0, 0.1) is 5.82 Å². The normalized spacial score (nSPS) is 14.9. The zero-order valence-corrected chi connectivity index (χ0v) is 16.1. The van der Waals surface area contributed by atoms with Crippen LogP contribution >= 0.6 is 0 Å². The minimum absolute atomic E-state index is 0.378. The van der Waals surface area contributed by atoms with Crippen LogP contribution in [0.5, 0.6) is 0 Å². The van der Waals surface area contributed by atoms with Gasteiger partial charge in [-0.05, 0) is 59.4 Å². The van der Waals surface area contributed by atoms with Crippen LogP contribution in [0.15, 0.2) is 60.8 Å². The van der Waals surface area contributed by atoms with E-state index in [1.54, 1.807) is 18.2 Å². The smallest absolute Gasteiger partial charge is 0.229 e. The van der Waals surface area contributed by atoms with Crippen molar-refractivity contribution in [2.75, 3.05) is 11.0 Å². The summed E-state index contributed by atoms with van der Waals surface area (Å²) < 4.78 is 39.6. The average Bonchev–Trinajstić information content (AvgIpc) is 2.78. The lowest BCUT2D eigenvalue weighted by molar-refractivity contribution is 0.606. The van der Waals surface area contributed by atoms with Gasteiger partial charge in [0.2, 0.25) is 10.0 Å². The second-order valence-corrected chi connectivity index (χ2v) is 8.61. The lowest BCUT2D eigenvalue weighted by atomic mass is 9.93. The lowest BCUT2D eigenvalue weighted by Crippen LogP contribution is -2.09. The van der Waals surface area contributed by atoms with E-state index < -0.39 is 10.0 Å². The van der Waals surface area contributed by atoms with E-state index in [0.717, 1.165) is 47.1 Å². The van der Waals surface area contributed by atoms with Crippen LogP contribution in [-0.4, -0.2) is 19.7 Å². The highest BCUT2D eigenvalue weighted by Gasteiger charge is 2.19. The predicted molar refractivity (Wildman–Crippen MR) is 110 cm³/mol. The van der Waals surface area contributed by atoms with Gasteiger partial charge in [0.15, 0.2) is 0 Å². The van der Waals surface area contributed by atoms with Crippen molar-refractivity contribution in [3.63, 3.8) is 0 Å². The molecule has 1 aliphatic carbocycles. The lowest BCUT2D eigenvalue weighted by Gasteiger charge is -2.12. The largest absolute Gasteiger partial charge is 0.284 e. The van der Waals surface area contributed by atoms with Crippen LogP contribution in [0.3, 0.4) is 0 Å². The first-order valence-corrected chi connectivity index (χ1v) is 10.8. The van der Waals surface area contributed by atoms with E-state index >= 15 is 0 Å². The second kappa shape index (κ2) is 7.20. The van der Waals surface area contributed by atoms with Gasteiger partial charge in [-0.1, -0.05) is 36.4 Å². The fourth-order valence-corrected chi connectivity index (χ4v) is 4.08. The van der Waals surface area contributed by atoms with Gasteiger partial charge in [0, 0.05) is 16.9 Å². The zero-order chi connectivity index (χ0) is 19.7. The van der Waals surface area contributed by atoms with Gasteiger partial charge in [-0.3, -0.25) is 9.71 Å².